The van der Waals surface area contributed by atoms with Gasteiger partial charge in [-0.05, 0) is 17.7 Å². The van der Waals surface area contributed by atoms with E-state index in [1.165, 1.54) is 0 Å². The van der Waals surface area contributed by atoms with Gasteiger partial charge in [0.15, 0.2) is 0 Å². The van der Waals surface area contributed by atoms with Gasteiger partial charge >= 0.3 is 0 Å². The molecule has 2 rings (SSSR count). The summed E-state index contributed by atoms with van der Waals surface area (Å²) in [7, 11) is 0. The zero-order chi connectivity index (χ0) is 11.5. The van der Waals surface area contributed by atoms with E-state index in [1.54, 1.807) is 6.33 Å². The maximum atomic E-state index is 6.13. The number of hydrogen-bond donors (Lipinski definition) is 0. The molecule has 0 saturated heterocycles. The van der Waals surface area contributed by atoms with E-state index < -0.39 is 0 Å². The minimum atomic E-state index is 0.432. The second-order valence-electron chi connectivity index (χ2n) is 3.41. The first kappa shape index (κ1) is 12.0. The van der Waals surface area contributed by atoms with Crippen LogP contribution in [0.15, 0.2) is 35.2 Å². The Morgan fingerprint density at radius 3 is 2.81 bits per heavy atom. The molecule has 1 aromatic carbocycles. The van der Waals surface area contributed by atoms with Gasteiger partial charge in [-0.25, -0.2) is 4.98 Å². The number of rotatable bonds is 3. The van der Waals surface area contributed by atoms with Crippen LogP contribution in [0.25, 0.3) is 0 Å². The highest BCUT2D eigenvalue weighted by molar-refractivity contribution is 9.10. The lowest BCUT2D eigenvalue weighted by Crippen LogP contribution is -1.97. The Morgan fingerprint density at radius 1 is 1.38 bits per heavy atom. The van der Waals surface area contributed by atoms with Crippen LogP contribution in [0.1, 0.15) is 11.3 Å². The number of hydrogen-bond acceptors (Lipinski definition) is 1. The first-order chi connectivity index (χ1) is 7.69. The van der Waals surface area contributed by atoms with Crippen LogP contribution in [0.4, 0.5) is 0 Å². The zero-order valence-corrected chi connectivity index (χ0v) is 11.4. The maximum absolute atomic E-state index is 6.13. The molecule has 1 aromatic heterocycles. The fourth-order valence-electron chi connectivity index (χ4n) is 1.41. The van der Waals surface area contributed by atoms with Gasteiger partial charge in [-0.1, -0.05) is 33.6 Å². The molecule has 0 bridgehead atoms. The van der Waals surface area contributed by atoms with Gasteiger partial charge in [-0.2, -0.15) is 0 Å². The van der Waals surface area contributed by atoms with Crippen LogP contribution in [0, 0.1) is 0 Å². The average Bonchev–Trinajstić information content (AvgIpc) is 2.70. The molecule has 2 nitrogen and oxygen atoms in total. The molecule has 0 aliphatic heterocycles. The van der Waals surface area contributed by atoms with Crippen LogP contribution < -0.4 is 0 Å². The van der Waals surface area contributed by atoms with Crippen LogP contribution >= 0.6 is 39.1 Å². The third-order valence-electron chi connectivity index (χ3n) is 2.19. The van der Waals surface area contributed by atoms with Crippen LogP contribution in [0.2, 0.25) is 5.02 Å². The van der Waals surface area contributed by atoms with E-state index in [1.807, 2.05) is 29.0 Å². The van der Waals surface area contributed by atoms with Gasteiger partial charge in [0, 0.05) is 22.2 Å². The molecule has 0 N–H and O–H groups in total. The van der Waals surface area contributed by atoms with E-state index in [0.29, 0.717) is 12.4 Å². The van der Waals surface area contributed by atoms with E-state index in [4.69, 9.17) is 23.2 Å². The number of alkyl halides is 1. The normalized spacial score (nSPS) is 10.7. The van der Waals surface area contributed by atoms with Crippen LogP contribution in [-0.2, 0) is 12.4 Å². The SMILES string of the molecule is ClCc1cn(Cc2ccc(Br)cc2Cl)cn1. The largest absolute Gasteiger partial charge is 0.333 e. The van der Waals surface area contributed by atoms with Crippen LogP contribution in [0.3, 0.4) is 0 Å². The van der Waals surface area contributed by atoms with Crippen molar-refractivity contribution in [3.05, 3.63) is 51.5 Å². The number of nitrogens with zero attached hydrogens (tertiary/aromatic N) is 2. The van der Waals surface area contributed by atoms with E-state index in [-0.39, 0.29) is 0 Å². The van der Waals surface area contributed by atoms with Gasteiger partial charge < -0.3 is 4.57 Å². The molecule has 2 aromatic rings. The lowest BCUT2D eigenvalue weighted by atomic mass is 10.2. The lowest BCUT2D eigenvalue weighted by Gasteiger charge is -2.05. The smallest absolute Gasteiger partial charge is 0.0953 e. The summed E-state index contributed by atoms with van der Waals surface area (Å²) in [5, 5.41) is 0.746. The molecular formula is C11H9BrCl2N2. The summed E-state index contributed by atoms with van der Waals surface area (Å²) in [5.74, 6) is 0.432. The van der Waals surface area contributed by atoms with Gasteiger partial charge in [-0.15, -0.1) is 11.6 Å². The molecule has 0 atom stereocenters. The molecule has 1 heterocycles. The highest BCUT2D eigenvalue weighted by Gasteiger charge is 2.03. The summed E-state index contributed by atoms with van der Waals surface area (Å²) in [4.78, 5) is 4.16. The molecule has 0 radical (unpaired) electrons. The third-order valence-corrected chi connectivity index (χ3v) is 3.31. The Bertz CT molecular complexity index is 496. The van der Waals surface area contributed by atoms with Crippen LogP contribution in [-0.4, -0.2) is 9.55 Å². The Hall–Kier alpha value is -0.510. The first-order valence-electron chi connectivity index (χ1n) is 4.69. The van der Waals surface area contributed by atoms with Gasteiger partial charge in [0.2, 0.25) is 0 Å². The summed E-state index contributed by atoms with van der Waals surface area (Å²) >= 11 is 15.2. The van der Waals surface area contributed by atoms with Gasteiger partial charge in [0.05, 0.1) is 17.9 Å². The number of imidazole rings is 1. The second kappa shape index (κ2) is 5.21. The summed E-state index contributed by atoms with van der Waals surface area (Å²) < 4.78 is 2.95. The lowest BCUT2D eigenvalue weighted by molar-refractivity contribution is 0.797. The van der Waals surface area contributed by atoms with Crippen molar-refractivity contribution < 1.29 is 0 Å². The summed E-state index contributed by atoms with van der Waals surface area (Å²) in [5.41, 5.74) is 1.93. The molecule has 0 amide bonds. The Morgan fingerprint density at radius 2 is 2.19 bits per heavy atom. The monoisotopic (exact) mass is 318 g/mol. The van der Waals surface area contributed by atoms with Crippen molar-refractivity contribution >= 4 is 39.1 Å². The number of halogens is 3. The third kappa shape index (κ3) is 2.78. The molecule has 5 heteroatoms. The first-order valence-corrected chi connectivity index (χ1v) is 6.40. The fourth-order valence-corrected chi connectivity index (χ4v) is 2.28. The van der Waals surface area contributed by atoms with Gasteiger partial charge in [-0.3, -0.25) is 0 Å². The topological polar surface area (TPSA) is 17.8 Å². The molecule has 0 unspecified atom stereocenters. The van der Waals surface area contributed by atoms with E-state index in [2.05, 4.69) is 20.9 Å². The molecule has 0 saturated carbocycles. The summed E-state index contributed by atoms with van der Waals surface area (Å²) in [6.45, 7) is 0.704. The molecule has 84 valence electrons. The van der Waals surface area contributed by atoms with E-state index >= 15 is 0 Å². The standard InChI is InChI=1S/C11H9BrCl2N2/c12-9-2-1-8(11(14)3-9)5-16-6-10(4-13)15-7-16/h1-3,6-7H,4-5H2. The minimum absolute atomic E-state index is 0.432. The Labute approximate surface area is 112 Å². The predicted octanol–water partition coefficient (Wildman–Crippen LogP) is 4.09. The highest BCUT2D eigenvalue weighted by Crippen LogP contribution is 2.22. The zero-order valence-electron chi connectivity index (χ0n) is 8.33. The van der Waals surface area contributed by atoms with Crippen LogP contribution in [0.5, 0.6) is 0 Å². The average molecular weight is 320 g/mol. The molecular weight excluding hydrogens is 311 g/mol. The van der Waals surface area contributed by atoms with Crippen molar-refractivity contribution in [2.24, 2.45) is 0 Å². The molecule has 0 fully saturated rings. The molecule has 0 aliphatic rings. The maximum Gasteiger partial charge on any atom is 0.0953 e. The fraction of sp³-hybridized carbons (Fsp3) is 0.182. The van der Waals surface area contributed by atoms with E-state index in [0.717, 1.165) is 20.8 Å². The minimum Gasteiger partial charge on any atom is -0.333 e. The van der Waals surface area contributed by atoms with Crippen molar-refractivity contribution in [1.29, 1.82) is 0 Å². The van der Waals surface area contributed by atoms with Crippen molar-refractivity contribution in [3.63, 3.8) is 0 Å². The van der Waals surface area contributed by atoms with Crippen molar-refractivity contribution in [2.45, 2.75) is 12.4 Å². The van der Waals surface area contributed by atoms with Crippen molar-refractivity contribution in [3.8, 4) is 0 Å². The summed E-state index contributed by atoms with van der Waals surface area (Å²) in [6.07, 6.45) is 3.68. The Balaban J connectivity index is 2.20. The van der Waals surface area contributed by atoms with Crippen molar-refractivity contribution in [2.75, 3.05) is 0 Å². The molecule has 0 spiro atoms. The van der Waals surface area contributed by atoms with E-state index in [9.17, 15) is 0 Å². The highest BCUT2D eigenvalue weighted by atomic mass is 79.9. The van der Waals surface area contributed by atoms with Gasteiger partial charge in [0.1, 0.15) is 0 Å². The number of aromatic nitrogens is 2. The van der Waals surface area contributed by atoms with Crippen molar-refractivity contribution in [1.82, 2.24) is 9.55 Å². The molecule has 0 aliphatic carbocycles. The predicted molar refractivity (Wildman–Crippen MR) is 70.0 cm³/mol. The quantitative estimate of drug-likeness (QED) is 0.779. The number of benzene rings is 1. The Kier molecular flexibility index (Phi) is 3.90. The summed E-state index contributed by atoms with van der Waals surface area (Å²) in [6, 6.07) is 5.85. The molecule has 16 heavy (non-hydrogen) atoms. The second-order valence-corrected chi connectivity index (χ2v) is 5.00. The van der Waals surface area contributed by atoms with Gasteiger partial charge in [0.25, 0.3) is 0 Å².